The highest BCUT2D eigenvalue weighted by atomic mass is 32.1. The third-order valence-electron chi connectivity index (χ3n) is 3.07. The fourth-order valence-corrected chi connectivity index (χ4v) is 3.07. The van der Waals surface area contributed by atoms with Crippen molar-refractivity contribution in [3.05, 3.63) is 51.7 Å². The van der Waals surface area contributed by atoms with E-state index in [1.807, 2.05) is 18.4 Å². The molecule has 0 bridgehead atoms. The lowest BCUT2D eigenvalue weighted by Gasteiger charge is -2.18. The molecule has 1 aromatic heterocycles. The lowest BCUT2D eigenvalue weighted by atomic mass is 10.0. The standard InChI is InChI=1S/C15H17F2NOS/c1-3-18-13(15-14(19-2)6-7-20-15)9-10-4-5-11(16)12(17)8-10/h4-8,13,18H,3,9H2,1-2H3. The largest absolute Gasteiger partial charge is 0.496 e. The Hall–Kier alpha value is -1.46. The van der Waals surface area contributed by atoms with Crippen molar-refractivity contribution in [1.29, 1.82) is 0 Å². The van der Waals surface area contributed by atoms with Crippen molar-refractivity contribution in [2.45, 2.75) is 19.4 Å². The van der Waals surface area contributed by atoms with Crippen molar-refractivity contribution in [1.82, 2.24) is 5.32 Å². The van der Waals surface area contributed by atoms with Crippen molar-refractivity contribution in [2.24, 2.45) is 0 Å². The minimum atomic E-state index is -0.817. The summed E-state index contributed by atoms with van der Waals surface area (Å²) in [6, 6.07) is 5.97. The summed E-state index contributed by atoms with van der Waals surface area (Å²) in [5.74, 6) is -0.804. The van der Waals surface area contributed by atoms with Crippen LogP contribution in [0, 0.1) is 11.6 Å². The molecule has 0 spiro atoms. The van der Waals surface area contributed by atoms with Crippen molar-refractivity contribution < 1.29 is 13.5 Å². The smallest absolute Gasteiger partial charge is 0.159 e. The maximum Gasteiger partial charge on any atom is 0.159 e. The van der Waals surface area contributed by atoms with E-state index in [1.165, 1.54) is 12.1 Å². The van der Waals surface area contributed by atoms with Crippen LogP contribution in [0.5, 0.6) is 5.75 Å². The first-order valence-corrected chi connectivity index (χ1v) is 7.32. The summed E-state index contributed by atoms with van der Waals surface area (Å²) in [5.41, 5.74) is 0.755. The zero-order valence-corrected chi connectivity index (χ0v) is 12.3. The van der Waals surface area contributed by atoms with Crippen LogP contribution in [-0.2, 0) is 6.42 Å². The van der Waals surface area contributed by atoms with Crippen LogP contribution >= 0.6 is 11.3 Å². The molecule has 2 aromatic rings. The van der Waals surface area contributed by atoms with Gasteiger partial charge in [0.1, 0.15) is 5.75 Å². The fraction of sp³-hybridized carbons (Fsp3) is 0.333. The van der Waals surface area contributed by atoms with Gasteiger partial charge in [-0.25, -0.2) is 8.78 Å². The second-order valence-electron chi connectivity index (χ2n) is 4.42. The van der Waals surface area contributed by atoms with Crippen LogP contribution in [0.15, 0.2) is 29.6 Å². The van der Waals surface area contributed by atoms with Crippen LogP contribution in [0.2, 0.25) is 0 Å². The number of rotatable bonds is 6. The van der Waals surface area contributed by atoms with Gasteiger partial charge in [0.25, 0.3) is 0 Å². The maximum absolute atomic E-state index is 13.3. The molecule has 2 nitrogen and oxygen atoms in total. The summed E-state index contributed by atoms with van der Waals surface area (Å²) in [6.07, 6.45) is 0.585. The highest BCUT2D eigenvalue weighted by Crippen LogP contribution is 2.32. The molecule has 2 rings (SSSR count). The number of likely N-dealkylation sites (N-methyl/N-ethyl adjacent to an activating group) is 1. The van der Waals surface area contributed by atoms with Gasteiger partial charge in [0, 0.05) is 6.04 Å². The number of hydrogen-bond acceptors (Lipinski definition) is 3. The van der Waals surface area contributed by atoms with Gasteiger partial charge >= 0.3 is 0 Å². The summed E-state index contributed by atoms with van der Waals surface area (Å²) in [5, 5.41) is 5.32. The Morgan fingerprint density at radius 2 is 2.05 bits per heavy atom. The summed E-state index contributed by atoms with van der Waals surface area (Å²) in [6.45, 7) is 2.80. The Balaban J connectivity index is 2.23. The first-order chi connectivity index (χ1) is 9.65. The number of nitrogens with one attached hydrogen (secondary N) is 1. The third-order valence-corrected chi connectivity index (χ3v) is 4.08. The predicted molar refractivity (Wildman–Crippen MR) is 77.4 cm³/mol. The van der Waals surface area contributed by atoms with Crippen molar-refractivity contribution in [2.75, 3.05) is 13.7 Å². The molecule has 1 heterocycles. The zero-order chi connectivity index (χ0) is 14.5. The summed E-state index contributed by atoms with van der Waals surface area (Å²) >= 11 is 1.59. The Morgan fingerprint density at radius 3 is 2.70 bits per heavy atom. The topological polar surface area (TPSA) is 21.3 Å². The molecule has 108 valence electrons. The molecule has 1 unspecified atom stereocenters. The number of thiophene rings is 1. The molecule has 0 saturated carbocycles. The fourth-order valence-electron chi connectivity index (χ4n) is 2.14. The van der Waals surface area contributed by atoms with Gasteiger partial charge in [-0.1, -0.05) is 13.0 Å². The van der Waals surface area contributed by atoms with E-state index >= 15 is 0 Å². The first kappa shape index (κ1) is 14.9. The van der Waals surface area contributed by atoms with Gasteiger partial charge in [-0.2, -0.15) is 0 Å². The highest BCUT2D eigenvalue weighted by Gasteiger charge is 2.18. The molecule has 5 heteroatoms. The Labute approximate surface area is 121 Å². The predicted octanol–water partition coefficient (Wildman–Crippen LogP) is 3.93. The molecule has 0 aliphatic heterocycles. The number of ether oxygens (including phenoxy) is 1. The highest BCUT2D eigenvalue weighted by molar-refractivity contribution is 7.10. The van der Waals surface area contributed by atoms with E-state index in [4.69, 9.17) is 4.74 Å². The van der Waals surface area contributed by atoms with Crippen LogP contribution in [0.25, 0.3) is 0 Å². The van der Waals surface area contributed by atoms with Crippen LogP contribution < -0.4 is 10.1 Å². The quantitative estimate of drug-likeness (QED) is 0.872. The van der Waals surface area contributed by atoms with E-state index in [0.29, 0.717) is 6.42 Å². The third kappa shape index (κ3) is 3.35. The average molecular weight is 297 g/mol. The van der Waals surface area contributed by atoms with E-state index in [9.17, 15) is 8.78 Å². The van der Waals surface area contributed by atoms with Gasteiger partial charge < -0.3 is 10.1 Å². The summed E-state index contributed by atoms with van der Waals surface area (Å²) in [4.78, 5) is 1.07. The average Bonchev–Trinajstić information content (AvgIpc) is 2.90. The van der Waals surface area contributed by atoms with E-state index in [2.05, 4.69) is 5.32 Å². The zero-order valence-electron chi connectivity index (χ0n) is 11.5. The number of benzene rings is 1. The van der Waals surface area contributed by atoms with E-state index < -0.39 is 11.6 Å². The minimum absolute atomic E-state index is 0.0276. The Kier molecular flexibility index (Phi) is 5.09. The van der Waals surface area contributed by atoms with Gasteiger partial charge in [-0.15, -0.1) is 11.3 Å². The normalized spacial score (nSPS) is 12.4. The first-order valence-electron chi connectivity index (χ1n) is 6.44. The minimum Gasteiger partial charge on any atom is -0.496 e. The molecule has 0 aliphatic carbocycles. The second-order valence-corrected chi connectivity index (χ2v) is 5.36. The van der Waals surface area contributed by atoms with Crippen LogP contribution in [0.3, 0.4) is 0 Å². The molecule has 1 N–H and O–H groups in total. The number of halogens is 2. The molecule has 20 heavy (non-hydrogen) atoms. The van der Waals surface area contributed by atoms with Gasteiger partial charge in [0.2, 0.25) is 0 Å². The SMILES string of the molecule is CCNC(Cc1ccc(F)c(F)c1)c1sccc1OC. The Morgan fingerprint density at radius 1 is 1.25 bits per heavy atom. The Bertz CT molecular complexity index is 571. The molecule has 0 saturated heterocycles. The molecule has 1 aromatic carbocycles. The second kappa shape index (κ2) is 6.81. The molecule has 1 atom stereocenters. The van der Waals surface area contributed by atoms with E-state index in [0.717, 1.165) is 22.7 Å². The lowest BCUT2D eigenvalue weighted by molar-refractivity contribution is 0.403. The molecule has 0 aliphatic rings. The molecule has 0 amide bonds. The van der Waals surface area contributed by atoms with E-state index in [-0.39, 0.29) is 6.04 Å². The number of methoxy groups -OCH3 is 1. The maximum atomic E-state index is 13.3. The van der Waals surface area contributed by atoms with Gasteiger partial charge in [-0.3, -0.25) is 0 Å². The van der Waals surface area contributed by atoms with Crippen LogP contribution in [-0.4, -0.2) is 13.7 Å². The monoisotopic (exact) mass is 297 g/mol. The molecular formula is C15H17F2NOS. The lowest BCUT2D eigenvalue weighted by Crippen LogP contribution is -2.22. The van der Waals surface area contributed by atoms with E-state index in [1.54, 1.807) is 24.5 Å². The molecule has 0 fully saturated rings. The summed E-state index contributed by atoms with van der Waals surface area (Å²) < 4.78 is 31.6. The van der Waals surface area contributed by atoms with Gasteiger partial charge in [-0.05, 0) is 42.1 Å². The van der Waals surface area contributed by atoms with Crippen molar-refractivity contribution >= 4 is 11.3 Å². The van der Waals surface area contributed by atoms with Crippen LogP contribution in [0.4, 0.5) is 8.78 Å². The molecule has 0 radical (unpaired) electrons. The summed E-state index contributed by atoms with van der Waals surface area (Å²) in [7, 11) is 1.63. The number of hydrogen-bond donors (Lipinski definition) is 1. The van der Waals surface area contributed by atoms with Gasteiger partial charge in [0.05, 0.1) is 12.0 Å². The van der Waals surface area contributed by atoms with Crippen molar-refractivity contribution in [3.8, 4) is 5.75 Å². The molecular weight excluding hydrogens is 280 g/mol. The van der Waals surface area contributed by atoms with Gasteiger partial charge in [0.15, 0.2) is 11.6 Å². The van der Waals surface area contributed by atoms with Crippen LogP contribution in [0.1, 0.15) is 23.4 Å². The van der Waals surface area contributed by atoms with Crippen molar-refractivity contribution in [3.63, 3.8) is 0 Å².